The van der Waals surface area contributed by atoms with Crippen molar-refractivity contribution >= 4 is 23.7 Å². The Hall–Kier alpha value is -2.24. The predicted molar refractivity (Wildman–Crippen MR) is 95.3 cm³/mol. The summed E-state index contributed by atoms with van der Waals surface area (Å²) in [5.74, 6) is -3.75. The SMILES string of the molecule is CC(C)CC(NC(=O)C(CO)NC(=O)C(C)N)C(=O)NC(C(=O)O)C(C)O. The Kier molecular flexibility index (Phi) is 10.5. The van der Waals surface area contributed by atoms with Crippen LogP contribution in [0.15, 0.2) is 0 Å². The van der Waals surface area contributed by atoms with Crippen molar-refractivity contribution in [1.29, 1.82) is 0 Å². The minimum Gasteiger partial charge on any atom is -0.480 e. The molecule has 3 amide bonds. The Balaban J connectivity index is 5.22. The summed E-state index contributed by atoms with van der Waals surface area (Å²) in [6, 6.07) is -4.89. The van der Waals surface area contributed by atoms with E-state index < -0.39 is 60.6 Å². The highest BCUT2D eigenvalue weighted by Gasteiger charge is 2.31. The van der Waals surface area contributed by atoms with Crippen LogP contribution in [0.3, 0.4) is 0 Å². The molecule has 11 nitrogen and oxygen atoms in total. The number of hydrogen-bond acceptors (Lipinski definition) is 7. The first kappa shape index (κ1) is 24.8. The third kappa shape index (κ3) is 8.80. The van der Waals surface area contributed by atoms with Gasteiger partial charge in [0.25, 0.3) is 0 Å². The number of rotatable bonds is 11. The van der Waals surface area contributed by atoms with E-state index in [1.54, 1.807) is 13.8 Å². The molecule has 0 aliphatic heterocycles. The van der Waals surface area contributed by atoms with E-state index in [4.69, 9.17) is 10.8 Å². The van der Waals surface area contributed by atoms with Gasteiger partial charge in [-0.1, -0.05) is 13.8 Å². The van der Waals surface area contributed by atoms with Crippen molar-refractivity contribution in [3.63, 3.8) is 0 Å². The van der Waals surface area contributed by atoms with Gasteiger partial charge >= 0.3 is 5.97 Å². The van der Waals surface area contributed by atoms with Gasteiger partial charge in [0.15, 0.2) is 6.04 Å². The summed E-state index contributed by atoms with van der Waals surface area (Å²) in [4.78, 5) is 47.5. The van der Waals surface area contributed by atoms with Crippen LogP contribution in [-0.2, 0) is 19.2 Å². The van der Waals surface area contributed by atoms with Gasteiger partial charge in [0.05, 0.1) is 18.8 Å². The van der Waals surface area contributed by atoms with Gasteiger partial charge < -0.3 is 37.0 Å². The molecule has 0 saturated carbocycles. The topological polar surface area (TPSA) is 191 Å². The number of carboxylic acid groups (broad SMARTS) is 1. The highest BCUT2D eigenvalue weighted by atomic mass is 16.4. The van der Waals surface area contributed by atoms with Gasteiger partial charge in [-0.25, -0.2) is 4.79 Å². The van der Waals surface area contributed by atoms with Crippen LogP contribution in [-0.4, -0.2) is 75.9 Å². The van der Waals surface area contributed by atoms with Gasteiger partial charge in [0.1, 0.15) is 12.1 Å². The van der Waals surface area contributed by atoms with E-state index in [-0.39, 0.29) is 12.3 Å². The van der Waals surface area contributed by atoms with Crippen LogP contribution >= 0.6 is 0 Å². The van der Waals surface area contributed by atoms with E-state index in [2.05, 4.69) is 16.0 Å². The molecule has 0 rings (SSSR count). The van der Waals surface area contributed by atoms with Crippen molar-refractivity contribution in [3.8, 4) is 0 Å². The summed E-state index contributed by atoms with van der Waals surface area (Å²) in [6.45, 7) is 5.47. The second-order valence-electron chi connectivity index (χ2n) is 6.79. The van der Waals surface area contributed by atoms with Gasteiger partial charge in [-0.05, 0) is 26.2 Å². The fourth-order valence-electron chi connectivity index (χ4n) is 2.12. The average Bonchev–Trinajstić information content (AvgIpc) is 2.54. The Morgan fingerprint density at radius 2 is 1.37 bits per heavy atom. The quantitative estimate of drug-likeness (QED) is 0.198. The number of carbonyl (C=O) groups is 4. The predicted octanol–water partition coefficient (Wildman–Crippen LogP) is -2.71. The van der Waals surface area contributed by atoms with Gasteiger partial charge in [0, 0.05) is 0 Å². The van der Waals surface area contributed by atoms with Crippen molar-refractivity contribution in [1.82, 2.24) is 16.0 Å². The second-order valence-corrected chi connectivity index (χ2v) is 6.79. The molecule has 0 spiro atoms. The third-order valence-electron chi connectivity index (χ3n) is 3.62. The molecule has 0 aliphatic rings. The molecule has 0 bridgehead atoms. The number of carboxylic acids is 1. The number of nitrogens with two attached hydrogens (primary N) is 1. The summed E-state index contributed by atoms with van der Waals surface area (Å²) >= 11 is 0. The zero-order valence-corrected chi connectivity index (χ0v) is 15.9. The molecule has 5 atom stereocenters. The number of aliphatic hydroxyl groups is 2. The van der Waals surface area contributed by atoms with E-state index in [0.717, 1.165) is 0 Å². The maximum atomic E-state index is 12.4. The summed E-state index contributed by atoms with van der Waals surface area (Å²) in [7, 11) is 0. The van der Waals surface area contributed by atoms with Crippen molar-refractivity contribution in [3.05, 3.63) is 0 Å². The van der Waals surface area contributed by atoms with Crippen LogP contribution in [0.25, 0.3) is 0 Å². The van der Waals surface area contributed by atoms with Gasteiger partial charge in [-0.2, -0.15) is 0 Å². The van der Waals surface area contributed by atoms with Crippen LogP contribution in [0, 0.1) is 5.92 Å². The van der Waals surface area contributed by atoms with Crippen LogP contribution < -0.4 is 21.7 Å². The lowest BCUT2D eigenvalue weighted by molar-refractivity contribution is -0.145. The smallest absolute Gasteiger partial charge is 0.328 e. The first-order chi connectivity index (χ1) is 12.4. The zero-order valence-electron chi connectivity index (χ0n) is 15.9. The highest BCUT2D eigenvalue weighted by Crippen LogP contribution is 2.07. The third-order valence-corrected chi connectivity index (χ3v) is 3.62. The normalized spacial score (nSPS) is 16.6. The first-order valence-corrected chi connectivity index (χ1v) is 8.59. The summed E-state index contributed by atoms with van der Waals surface area (Å²) in [5.41, 5.74) is 5.40. The number of nitrogens with one attached hydrogen (secondary N) is 3. The van der Waals surface area contributed by atoms with E-state index in [1.165, 1.54) is 13.8 Å². The van der Waals surface area contributed by atoms with Crippen molar-refractivity contribution in [2.24, 2.45) is 11.7 Å². The molecule has 156 valence electrons. The van der Waals surface area contributed by atoms with Crippen molar-refractivity contribution < 1.29 is 34.5 Å². The molecule has 8 N–H and O–H groups in total. The number of aliphatic carboxylic acids is 1. The average molecular weight is 390 g/mol. The lowest BCUT2D eigenvalue weighted by Crippen LogP contribution is -2.59. The molecule has 0 aromatic heterocycles. The molecule has 0 radical (unpaired) electrons. The molecule has 0 aromatic carbocycles. The summed E-state index contributed by atoms with van der Waals surface area (Å²) < 4.78 is 0. The molecule has 0 heterocycles. The van der Waals surface area contributed by atoms with E-state index in [1.807, 2.05) is 0 Å². The second kappa shape index (κ2) is 11.5. The fourth-order valence-corrected chi connectivity index (χ4v) is 2.12. The molecule has 0 fully saturated rings. The highest BCUT2D eigenvalue weighted by molar-refractivity contribution is 5.94. The van der Waals surface area contributed by atoms with E-state index >= 15 is 0 Å². The molecule has 27 heavy (non-hydrogen) atoms. The van der Waals surface area contributed by atoms with Crippen LogP contribution in [0.1, 0.15) is 34.1 Å². The van der Waals surface area contributed by atoms with E-state index in [0.29, 0.717) is 0 Å². The zero-order chi connectivity index (χ0) is 21.3. The fraction of sp³-hybridized carbons (Fsp3) is 0.750. The monoisotopic (exact) mass is 390 g/mol. The minimum atomic E-state index is -1.55. The molecule has 0 saturated heterocycles. The Morgan fingerprint density at radius 1 is 0.889 bits per heavy atom. The Morgan fingerprint density at radius 3 is 1.74 bits per heavy atom. The molecular formula is C16H30N4O7. The van der Waals surface area contributed by atoms with Crippen LogP contribution in [0.2, 0.25) is 0 Å². The number of carbonyl (C=O) groups excluding carboxylic acids is 3. The van der Waals surface area contributed by atoms with Crippen LogP contribution in [0.5, 0.6) is 0 Å². The van der Waals surface area contributed by atoms with Gasteiger partial charge in [0.2, 0.25) is 17.7 Å². The maximum Gasteiger partial charge on any atom is 0.328 e. The number of amides is 3. The maximum absolute atomic E-state index is 12.4. The van der Waals surface area contributed by atoms with Gasteiger partial charge in [-0.3, -0.25) is 14.4 Å². The Labute approximate surface area is 157 Å². The van der Waals surface area contributed by atoms with E-state index in [9.17, 15) is 29.4 Å². The summed E-state index contributed by atoms with van der Waals surface area (Å²) in [6.07, 6.45) is -1.18. The van der Waals surface area contributed by atoms with Crippen molar-refractivity contribution in [2.75, 3.05) is 6.61 Å². The number of aliphatic hydroxyl groups excluding tert-OH is 2. The molecular weight excluding hydrogens is 360 g/mol. The standard InChI is InChI=1S/C16H30N4O7/c1-7(2)5-10(14(24)20-12(9(4)22)16(26)27)18-15(25)11(6-21)19-13(23)8(3)17/h7-12,21-22H,5-6,17H2,1-4H3,(H,18,25)(H,19,23)(H,20,24)(H,26,27). The molecule has 5 unspecified atom stereocenters. The lowest BCUT2D eigenvalue weighted by Gasteiger charge is -2.25. The molecule has 11 heteroatoms. The van der Waals surface area contributed by atoms with Gasteiger partial charge in [-0.15, -0.1) is 0 Å². The summed E-state index contributed by atoms with van der Waals surface area (Å²) in [5, 5.41) is 34.7. The largest absolute Gasteiger partial charge is 0.480 e. The minimum absolute atomic E-state index is 0.0397. The number of hydrogen-bond donors (Lipinski definition) is 7. The Bertz CT molecular complexity index is 537. The first-order valence-electron chi connectivity index (χ1n) is 8.59. The van der Waals surface area contributed by atoms with Crippen molar-refractivity contribution in [2.45, 2.75) is 64.4 Å². The molecule has 0 aromatic rings. The van der Waals surface area contributed by atoms with Crippen LogP contribution in [0.4, 0.5) is 0 Å². The lowest BCUT2D eigenvalue weighted by atomic mass is 10.0. The molecule has 0 aliphatic carbocycles.